The second-order valence-corrected chi connectivity index (χ2v) is 6.94. The first-order valence-electron chi connectivity index (χ1n) is 8.31. The Balaban J connectivity index is 1.54. The molecule has 2 aliphatic heterocycles. The molecule has 0 aromatic heterocycles. The zero-order chi connectivity index (χ0) is 16.3. The van der Waals surface area contributed by atoms with Gasteiger partial charge in [-0.15, -0.1) is 0 Å². The minimum atomic E-state index is -0.865. The van der Waals surface area contributed by atoms with Crippen LogP contribution in [0.5, 0.6) is 0 Å². The lowest BCUT2D eigenvalue weighted by Gasteiger charge is -2.39. The van der Waals surface area contributed by atoms with Gasteiger partial charge in [-0.1, -0.05) is 23.7 Å². The normalized spacial score (nSPS) is 21.9. The van der Waals surface area contributed by atoms with Gasteiger partial charge in [0.1, 0.15) is 0 Å². The highest BCUT2D eigenvalue weighted by Gasteiger charge is 2.35. The first-order valence-corrected chi connectivity index (χ1v) is 8.69. The molecule has 0 aliphatic carbocycles. The Labute approximate surface area is 142 Å². The minimum absolute atomic E-state index is 0.00458. The van der Waals surface area contributed by atoms with Crippen LogP contribution in [-0.2, 0) is 5.60 Å². The number of carbonyl (C=O) groups is 1. The Bertz CT molecular complexity index is 535. The number of likely N-dealkylation sites (tertiary alicyclic amines) is 1. The van der Waals surface area contributed by atoms with Gasteiger partial charge in [-0.2, -0.15) is 0 Å². The first-order chi connectivity index (χ1) is 11.1. The Morgan fingerprint density at radius 3 is 2.43 bits per heavy atom. The number of carbonyl (C=O) groups excluding carboxylic acids is 1. The molecule has 0 saturated carbocycles. The SMILES string of the molecule is O=C(NC1CCNCC1)N1CCC(O)(c2ccc(Cl)cc2)CC1. The summed E-state index contributed by atoms with van der Waals surface area (Å²) in [5.41, 5.74) is 0.0103. The zero-order valence-electron chi connectivity index (χ0n) is 13.2. The molecule has 0 radical (unpaired) electrons. The molecule has 23 heavy (non-hydrogen) atoms. The molecule has 0 unspecified atom stereocenters. The quantitative estimate of drug-likeness (QED) is 0.774. The van der Waals surface area contributed by atoms with Crippen LogP contribution in [0.1, 0.15) is 31.2 Å². The zero-order valence-corrected chi connectivity index (χ0v) is 14.0. The lowest BCUT2D eigenvalue weighted by molar-refractivity contribution is -0.0170. The van der Waals surface area contributed by atoms with Crippen LogP contribution < -0.4 is 10.6 Å². The third-order valence-corrected chi connectivity index (χ3v) is 5.18. The lowest BCUT2D eigenvalue weighted by Crippen LogP contribution is -2.52. The molecule has 1 aromatic carbocycles. The van der Waals surface area contributed by atoms with E-state index in [1.807, 2.05) is 17.0 Å². The van der Waals surface area contributed by atoms with Gasteiger partial charge in [0.05, 0.1) is 5.60 Å². The lowest BCUT2D eigenvalue weighted by atomic mass is 9.84. The molecular weight excluding hydrogens is 314 g/mol. The molecule has 2 saturated heterocycles. The minimum Gasteiger partial charge on any atom is -0.385 e. The molecule has 2 amide bonds. The number of piperidine rings is 2. The van der Waals surface area contributed by atoms with Crippen LogP contribution in [0.15, 0.2) is 24.3 Å². The van der Waals surface area contributed by atoms with Gasteiger partial charge in [0.15, 0.2) is 0 Å². The molecule has 2 fully saturated rings. The number of hydrogen-bond donors (Lipinski definition) is 3. The highest BCUT2D eigenvalue weighted by atomic mass is 35.5. The standard InChI is InChI=1S/C17H24ClN3O2/c18-14-3-1-13(2-4-14)17(23)7-11-21(12-8-17)16(22)20-15-5-9-19-10-6-15/h1-4,15,19,23H,5-12H2,(H,20,22). The summed E-state index contributed by atoms with van der Waals surface area (Å²) in [5, 5.41) is 17.9. The number of rotatable bonds is 2. The summed E-state index contributed by atoms with van der Waals surface area (Å²) in [6.45, 7) is 3.05. The van der Waals surface area contributed by atoms with Crippen LogP contribution in [0.25, 0.3) is 0 Å². The van der Waals surface area contributed by atoms with E-state index in [0.29, 0.717) is 31.0 Å². The highest BCUT2D eigenvalue weighted by molar-refractivity contribution is 6.30. The van der Waals surface area contributed by atoms with Crippen molar-refractivity contribution < 1.29 is 9.90 Å². The summed E-state index contributed by atoms with van der Waals surface area (Å²) in [4.78, 5) is 14.2. The maximum Gasteiger partial charge on any atom is 0.317 e. The van der Waals surface area contributed by atoms with Crippen molar-refractivity contribution >= 4 is 17.6 Å². The van der Waals surface area contributed by atoms with Crippen molar-refractivity contribution in [3.05, 3.63) is 34.9 Å². The number of amides is 2. The number of nitrogens with one attached hydrogen (secondary N) is 2. The average molecular weight is 338 g/mol. The van der Waals surface area contributed by atoms with E-state index in [1.165, 1.54) is 0 Å². The maximum atomic E-state index is 12.4. The van der Waals surface area contributed by atoms with E-state index in [-0.39, 0.29) is 12.1 Å². The second kappa shape index (κ2) is 7.07. The molecule has 0 bridgehead atoms. The van der Waals surface area contributed by atoms with E-state index in [9.17, 15) is 9.90 Å². The summed E-state index contributed by atoms with van der Waals surface area (Å²) < 4.78 is 0. The molecule has 3 rings (SSSR count). The molecule has 6 heteroatoms. The fraction of sp³-hybridized carbons (Fsp3) is 0.588. The van der Waals surface area contributed by atoms with Crippen LogP contribution in [-0.4, -0.2) is 48.3 Å². The summed E-state index contributed by atoms with van der Waals surface area (Å²) >= 11 is 5.91. The smallest absolute Gasteiger partial charge is 0.317 e. The number of nitrogens with zero attached hydrogens (tertiary/aromatic N) is 1. The maximum absolute atomic E-state index is 12.4. The second-order valence-electron chi connectivity index (χ2n) is 6.50. The van der Waals surface area contributed by atoms with Crippen molar-refractivity contribution in [2.45, 2.75) is 37.3 Å². The van der Waals surface area contributed by atoms with Crippen molar-refractivity contribution in [1.29, 1.82) is 0 Å². The van der Waals surface area contributed by atoms with Gasteiger partial charge in [-0.3, -0.25) is 0 Å². The molecular formula is C17H24ClN3O2. The molecule has 3 N–H and O–H groups in total. The van der Waals surface area contributed by atoms with Gasteiger partial charge in [0.2, 0.25) is 0 Å². The van der Waals surface area contributed by atoms with E-state index in [1.54, 1.807) is 12.1 Å². The van der Waals surface area contributed by atoms with E-state index in [0.717, 1.165) is 31.5 Å². The summed E-state index contributed by atoms with van der Waals surface area (Å²) in [6, 6.07) is 7.59. The van der Waals surface area contributed by atoms with Gasteiger partial charge in [0, 0.05) is 24.2 Å². The van der Waals surface area contributed by atoms with Crippen LogP contribution in [0.4, 0.5) is 4.79 Å². The predicted octanol–water partition coefficient (Wildman–Crippen LogP) is 2.09. The fourth-order valence-corrected chi connectivity index (χ4v) is 3.49. The van der Waals surface area contributed by atoms with Crippen LogP contribution >= 0.6 is 11.6 Å². The fourth-order valence-electron chi connectivity index (χ4n) is 3.36. The van der Waals surface area contributed by atoms with Crippen molar-refractivity contribution in [2.24, 2.45) is 0 Å². The molecule has 2 heterocycles. The predicted molar refractivity (Wildman–Crippen MR) is 90.6 cm³/mol. The number of aliphatic hydroxyl groups is 1. The van der Waals surface area contributed by atoms with Crippen LogP contribution in [0.3, 0.4) is 0 Å². The largest absolute Gasteiger partial charge is 0.385 e. The molecule has 5 nitrogen and oxygen atoms in total. The Hall–Kier alpha value is -1.30. The van der Waals surface area contributed by atoms with Crippen LogP contribution in [0.2, 0.25) is 5.02 Å². The summed E-state index contributed by atoms with van der Waals surface area (Å²) in [5.74, 6) is 0. The summed E-state index contributed by atoms with van der Waals surface area (Å²) in [7, 11) is 0. The van der Waals surface area contributed by atoms with Crippen molar-refractivity contribution in [1.82, 2.24) is 15.5 Å². The van der Waals surface area contributed by atoms with Gasteiger partial charge in [-0.25, -0.2) is 4.79 Å². The summed E-state index contributed by atoms with van der Waals surface area (Å²) in [6.07, 6.45) is 3.06. The third-order valence-electron chi connectivity index (χ3n) is 4.93. The van der Waals surface area contributed by atoms with Gasteiger partial charge >= 0.3 is 6.03 Å². The Morgan fingerprint density at radius 2 is 1.83 bits per heavy atom. The monoisotopic (exact) mass is 337 g/mol. The molecule has 126 valence electrons. The highest BCUT2D eigenvalue weighted by Crippen LogP contribution is 2.33. The molecule has 0 spiro atoms. The Kier molecular flexibility index (Phi) is 5.09. The van der Waals surface area contributed by atoms with E-state index in [4.69, 9.17) is 11.6 Å². The van der Waals surface area contributed by atoms with Crippen molar-refractivity contribution in [2.75, 3.05) is 26.2 Å². The van der Waals surface area contributed by atoms with E-state index >= 15 is 0 Å². The van der Waals surface area contributed by atoms with E-state index < -0.39 is 5.60 Å². The number of halogens is 1. The average Bonchev–Trinajstić information content (AvgIpc) is 2.57. The first kappa shape index (κ1) is 16.6. The molecule has 0 atom stereocenters. The van der Waals surface area contributed by atoms with Crippen LogP contribution in [0, 0.1) is 0 Å². The van der Waals surface area contributed by atoms with Crippen molar-refractivity contribution in [3.63, 3.8) is 0 Å². The van der Waals surface area contributed by atoms with Gasteiger partial charge in [0.25, 0.3) is 0 Å². The van der Waals surface area contributed by atoms with Gasteiger partial charge < -0.3 is 20.6 Å². The van der Waals surface area contributed by atoms with Gasteiger partial charge in [-0.05, 0) is 56.5 Å². The Morgan fingerprint density at radius 1 is 1.22 bits per heavy atom. The number of hydrogen-bond acceptors (Lipinski definition) is 3. The number of benzene rings is 1. The molecule has 2 aliphatic rings. The van der Waals surface area contributed by atoms with Crippen molar-refractivity contribution in [3.8, 4) is 0 Å². The molecule has 1 aromatic rings. The third kappa shape index (κ3) is 3.97. The van der Waals surface area contributed by atoms with E-state index in [2.05, 4.69) is 10.6 Å². The topological polar surface area (TPSA) is 64.6 Å². The number of urea groups is 1.